The number of nitrogens with zero attached hydrogens (tertiary/aromatic N) is 1. The maximum Gasteiger partial charge on any atom is 0.224 e. The van der Waals surface area contributed by atoms with Crippen LogP contribution in [0, 0.1) is 0 Å². The van der Waals surface area contributed by atoms with Crippen molar-refractivity contribution >= 4 is 35.8 Å². The standard InChI is InChI=1S/C34H25Cl2NO3/c1-40-34-26(21-39)17-18-31(37-34)30-12-6-11-29(33(30)36)28-10-5-9-27(32(28)35)24-15-16-25(20-38)23(19-24)14-13-22-7-3-2-4-8-22/h2-12,15-21H,13-14H2,1H3. The number of halogens is 2. The van der Waals surface area contributed by atoms with Gasteiger partial charge in [0.05, 0.1) is 28.4 Å². The summed E-state index contributed by atoms with van der Waals surface area (Å²) in [5.74, 6) is 0.232. The lowest BCUT2D eigenvalue weighted by Crippen LogP contribution is -1.98. The van der Waals surface area contributed by atoms with Crippen molar-refractivity contribution in [3.8, 4) is 39.4 Å². The molecule has 0 saturated carbocycles. The van der Waals surface area contributed by atoms with E-state index in [1.54, 1.807) is 12.1 Å². The summed E-state index contributed by atoms with van der Waals surface area (Å²) in [6.45, 7) is 0. The van der Waals surface area contributed by atoms with Crippen molar-refractivity contribution in [3.05, 3.63) is 129 Å². The highest BCUT2D eigenvalue weighted by molar-refractivity contribution is 6.39. The highest BCUT2D eigenvalue weighted by Gasteiger charge is 2.17. The van der Waals surface area contributed by atoms with E-state index in [1.165, 1.54) is 12.7 Å². The summed E-state index contributed by atoms with van der Waals surface area (Å²) < 4.78 is 5.28. The van der Waals surface area contributed by atoms with E-state index in [2.05, 4.69) is 17.1 Å². The Labute approximate surface area is 243 Å². The molecular formula is C34H25Cl2NO3. The monoisotopic (exact) mass is 565 g/mol. The number of hydrogen-bond acceptors (Lipinski definition) is 4. The highest BCUT2D eigenvalue weighted by Crippen LogP contribution is 2.42. The third kappa shape index (κ3) is 5.55. The maximum absolute atomic E-state index is 11.8. The minimum Gasteiger partial charge on any atom is -0.480 e. The number of carbonyl (C=O) groups is 2. The van der Waals surface area contributed by atoms with Gasteiger partial charge in [0, 0.05) is 27.8 Å². The molecule has 4 nitrogen and oxygen atoms in total. The Morgan fingerprint density at radius 1 is 0.675 bits per heavy atom. The van der Waals surface area contributed by atoms with Gasteiger partial charge in [-0.3, -0.25) is 9.59 Å². The first-order valence-corrected chi connectivity index (χ1v) is 13.5. The molecule has 5 rings (SSSR count). The van der Waals surface area contributed by atoms with Crippen LogP contribution in [-0.2, 0) is 12.8 Å². The first kappa shape index (κ1) is 27.3. The number of ether oxygens (including phenoxy) is 1. The molecule has 0 radical (unpaired) electrons. The molecule has 0 aliphatic rings. The van der Waals surface area contributed by atoms with Gasteiger partial charge < -0.3 is 4.74 Å². The van der Waals surface area contributed by atoms with E-state index in [0.717, 1.165) is 46.9 Å². The Hall–Kier alpha value is -4.25. The van der Waals surface area contributed by atoms with Crippen LogP contribution in [0.15, 0.2) is 97.1 Å². The molecule has 0 atom stereocenters. The smallest absolute Gasteiger partial charge is 0.224 e. The SMILES string of the molecule is COc1nc(-c2cccc(-c3cccc(-c4ccc(C=O)c(CCc5ccccc5)c4)c3Cl)c2Cl)ccc1C=O. The molecule has 4 aromatic carbocycles. The minimum absolute atomic E-state index is 0.232. The number of pyridine rings is 1. The van der Waals surface area contributed by atoms with Crippen molar-refractivity contribution in [2.45, 2.75) is 12.8 Å². The third-order valence-electron chi connectivity index (χ3n) is 6.88. The van der Waals surface area contributed by atoms with Crippen LogP contribution in [0.3, 0.4) is 0 Å². The van der Waals surface area contributed by atoms with Crippen LogP contribution in [0.5, 0.6) is 5.88 Å². The zero-order valence-corrected chi connectivity index (χ0v) is 23.2. The highest BCUT2D eigenvalue weighted by atomic mass is 35.5. The number of aromatic nitrogens is 1. The van der Waals surface area contributed by atoms with E-state index in [9.17, 15) is 9.59 Å². The summed E-state index contributed by atoms with van der Waals surface area (Å²) in [6, 6.07) is 30.9. The van der Waals surface area contributed by atoms with Gasteiger partial charge >= 0.3 is 0 Å². The Kier molecular flexibility index (Phi) is 8.40. The number of hydrogen-bond donors (Lipinski definition) is 0. The molecule has 5 aromatic rings. The lowest BCUT2D eigenvalue weighted by molar-refractivity contribution is 0.111. The van der Waals surface area contributed by atoms with Crippen molar-refractivity contribution in [2.75, 3.05) is 7.11 Å². The second kappa shape index (κ2) is 12.3. The molecule has 0 spiro atoms. The fourth-order valence-corrected chi connectivity index (χ4v) is 5.45. The van der Waals surface area contributed by atoms with E-state index in [4.69, 9.17) is 27.9 Å². The van der Waals surface area contributed by atoms with E-state index in [-0.39, 0.29) is 5.88 Å². The summed E-state index contributed by atoms with van der Waals surface area (Å²) in [6.07, 6.45) is 3.16. The molecule has 0 unspecified atom stereocenters. The van der Waals surface area contributed by atoms with E-state index < -0.39 is 0 Å². The third-order valence-corrected chi connectivity index (χ3v) is 7.69. The molecule has 0 fully saturated rings. The molecule has 0 aliphatic heterocycles. The Balaban J connectivity index is 1.53. The van der Waals surface area contributed by atoms with Gasteiger partial charge in [-0.2, -0.15) is 0 Å². The molecule has 1 aromatic heterocycles. The van der Waals surface area contributed by atoms with Crippen LogP contribution < -0.4 is 4.74 Å². The molecule has 198 valence electrons. The fourth-order valence-electron chi connectivity index (χ4n) is 4.78. The molecule has 0 saturated heterocycles. The van der Waals surface area contributed by atoms with Crippen LogP contribution in [0.25, 0.3) is 33.5 Å². The van der Waals surface area contributed by atoms with Crippen molar-refractivity contribution in [1.82, 2.24) is 4.98 Å². The normalized spacial score (nSPS) is 10.8. The van der Waals surface area contributed by atoms with Crippen molar-refractivity contribution < 1.29 is 14.3 Å². The summed E-state index contributed by atoms with van der Waals surface area (Å²) >= 11 is 14.0. The minimum atomic E-state index is 0.232. The number of rotatable bonds is 9. The van der Waals surface area contributed by atoms with E-state index in [1.807, 2.05) is 72.8 Å². The van der Waals surface area contributed by atoms with Crippen molar-refractivity contribution in [1.29, 1.82) is 0 Å². The van der Waals surface area contributed by atoms with E-state index in [0.29, 0.717) is 38.7 Å². The van der Waals surface area contributed by atoms with Crippen molar-refractivity contribution in [2.24, 2.45) is 0 Å². The summed E-state index contributed by atoms with van der Waals surface area (Å²) in [5.41, 5.74) is 7.77. The largest absolute Gasteiger partial charge is 0.480 e. The zero-order valence-electron chi connectivity index (χ0n) is 21.7. The zero-order chi connectivity index (χ0) is 28.1. The molecular weight excluding hydrogens is 541 g/mol. The number of carbonyl (C=O) groups excluding carboxylic acids is 2. The lowest BCUT2D eigenvalue weighted by atomic mass is 9.93. The summed E-state index contributed by atoms with van der Waals surface area (Å²) in [4.78, 5) is 27.6. The maximum atomic E-state index is 11.8. The Morgan fingerprint density at radius 3 is 1.98 bits per heavy atom. The quantitative estimate of drug-likeness (QED) is 0.167. The molecule has 0 bridgehead atoms. The van der Waals surface area contributed by atoms with Gasteiger partial charge in [-0.05, 0) is 41.7 Å². The molecule has 40 heavy (non-hydrogen) atoms. The van der Waals surface area contributed by atoms with Gasteiger partial charge in [0.15, 0.2) is 6.29 Å². The molecule has 0 N–H and O–H groups in total. The van der Waals surface area contributed by atoms with Crippen LogP contribution in [0.1, 0.15) is 31.8 Å². The Morgan fingerprint density at radius 2 is 1.30 bits per heavy atom. The number of methoxy groups -OCH3 is 1. The van der Waals surface area contributed by atoms with Crippen LogP contribution in [-0.4, -0.2) is 24.7 Å². The van der Waals surface area contributed by atoms with Gasteiger partial charge in [0.25, 0.3) is 0 Å². The second-order valence-electron chi connectivity index (χ2n) is 9.26. The van der Waals surface area contributed by atoms with Crippen LogP contribution >= 0.6 is 23.2 Å². The fraction of sp³-hybridized carbons (Fsp3) is 0.0882. The first-order valence-electron chi connectivity index (χ1n) is 12.7. The summed E-state index contributed by atoms with van der Waals surface area (Å²) in [7, 11) is 1.47. The van der Waals surface area contributed by atoms with Gasteiger partial charge in [-0.1, -0.05) is 108 Å². The predicted molar refractivity (Wildman–Crippen MR) is 162 cm³/mol. The molecule has 0 amide bonds. The van der Waals surface area contributed by atoms with Gasteiger partial charge in [-0.15, -0.1) is 0 Å². The topological polar surface area (TPSA) is 56.3 Å². The average Bonchev–Trinajstić information content (AvgIpc) is 3.00. The van der Waals surface area contributed by atoms with Gasteiger partial charge in [0.1, 0.15) is 6.29 Å². The lowest BCUT2D eigenvalue weighted by Gasteiger charge is -2.15. The number of benzene rings is 4. The Bertz CT molecular complexity index is 1700. The van der Waals surface area contributed by atoms with Crippen LogP contribution in [0.4, 0.5) is 0 Å². The second-order valence-corrected chi connectivity index (χ2v) is 10.0. The number of aryl methyl sites for hydroxylation is 2. The summed E-state index contributed by atoms with van der Waals surface area (Å²) in [5, 5.41) is 1.03. The molecule has 1 heterocycles. The molecule has 0 aliphatic carbocycles. The average molecular weight is 566 g/mol. The van der Waals surface area contributed by atoms with Crippen molar-refractivity contribution in [3.63, 3.8) is 0 Å². The first-order chi connectivity index (χ1) is 19.5. The van der Waals surface area contributed by atoms with Gasteiger partial charge in [0.2, 0.25) is 5.88 Å². The number of aldehydes is 2. The van der Waals surface area contributed by atoms with Crippen LogP contribution in [0.2, 0.25) is 10.0 Å². The van der Waals surface area contributed by atoms with E-state index >= 15 is 0 Å². The molecule has 6 heteroatoms. The van der Waals surface area contributed by atoms with Gasteiger partial charge in [-0.25, -0.2) is 4.98 Å². The predicted octanol–water partition coefficient (Wildman–Crippen LogP) is 8.81.